The molecule has 3 aromatic carbocycles. The van der Waals surface area contributed by atoms with E-state index in [1.54, 1.807) is 6.20 Å². The molecule has 3 unspecified atom stereocenters. The monoisotopic (exact) mass is 672 g/mol. The molecule has 1 aromatic heterocycles. The van der Waals surface area contributed by atoms with E-state index in [9.17, 15) is 39.8 Å². The molecule has 48 heavy (non-hydrogen) atoms. The zero-order valence-corrected chi connectivity index (χ0v) is 25.2. The highest BCUT2D eigenvalue weighted by Gasteiger charge is 2.45. The molecule has 0 fully saturated rings. The minimum atomic E-state index is -1.52. The van der Waals surface area contributed by atoms with Gasteiger partial charge in [0.1, 0.15) is 29.0 Å². The number of nitrogens with two attached hydrogens (primary N) is 1. The van der Waals surface area contributed by atoms with Gasteiger partial charge in [0.15, 0.2) is 41.0 Å². The van der Waals surface area contributed by atoms with Crippen molar-refractivity contribution in [2.45, 2.75) is 31.5 Å². The molecule has 0 radical (unpaired) electrons. The summed E-state index contributed by atoms with van der Waals surface area (Å²) in [5, 5.41) is 69.3. The van der Waals surface area contributed by atoms with E-state index >= 15 is 0 Å². The molecule has 0 amide bonds. The molecule has 0 bridgehead atoms. The van der Waals surface area contributed by atoms with E-state index in [-0.39, 0.29) is 34.8 Å². The summed E-state index contributed by atoms with van der Waals surface area (Å²) in [5.74, 6) is -6.13. The molecule has 1 aliphatic rings. The Bertz CT molecular complexity index is 1730. The Morgan fingerprint density at radius 3 is 2.35 bits per heavy atom. The van der Waals surface area contributed by atoms with Gasteiger partial charge in [-0.25, -0.2) is 13.9 Å². The highest BCUT2D eigenvalue weighted by molar-refractivity contribution is 5.89. The van der Waals surface area contributed by atoms with Gasteiger partial charge in [0.25, 0.3) is 0 Å². The van der Waals surface area contributed by atoms with Gasteiger partial charge in [0.2, 0.25) is 0 Å². The number of benzene rings is 3. The van der Waals surface area contributed by atoms with Crippen molar-refractivity contribution >= 4 is 5.97 Å². The van der Waals surface area contributed by atoms with E-state index < -0.39 is 58.8 Å². The molecule has 4 aromatic rings. The first-order valence-corrected chi connectivity index (χ1v) is 14.6. The van der Waals surface area contributed by atoms with Crippen molar-refractivity contribution in [1.82, 2.24) is 15.0 Å². The van der Waals surface area contributed by atoms with Crippen LogP contribution in [0.5, 0.6) is 40.2 Å². The Hall–Kier alpha value is -5.36. The smallest absolute Gasteiger partial charge is 0.338 e. The molecule has 0 saturated carbocycles. The average molecular weight is 673 g/mol. The number of carbonyl (C=O) groups excluding carboxylic acids is 1. The molecule has 3 atom stereocenters. The van der Waals surface area contributed by atoms with E-state index in [1.165, 1.54) is 10.7 Å². The van der Waals surface area contributed by atoms with Crippen molar-refractivity contribution < 1.29 is 63.5 Å². The van der Waals surface area contributed by atoms with Crippen molar-refractivity contribution in [2.75, 3.05) is 33.0 Å². The SMILES string of the molecule is NCCOCCOCCn1cc(COC2c3c(O)cc(O)cc3OC(c3cc(O)c(O)c(O)c3)C2OC(=O)c2ccc(O)c(F)c2)nn1. The van der Waals surface area contributed by atoms with Gasteiger partial charge in [-0.05, 0) is 30.3 Å². The Kier molecular flexibility index (Phi) is 10.6. The first kappa shape index (κ1) is 34.0. The van der Waals surface area contributed by atoms with Crippen LogP contribution in [-0.2, 0) is 32.1 Å². The zero-order valence-electron chi connectivity index (χ0n) is 25.2. The van der Waals surface area contributed by atoms with Gasteiger partial charge < -0.3 is 60.1 Å². The third kappa shape index (κ3) is 7.77. The van der Waals surface area contributed by atoms with Gasteiger partial charge in [-0.2, -0.15) is 0 Å². The van der Waals surface area contributed by atoms with Crippen molar-refractivity contribution in [3.63, 3.8) is 0 Å². The summed E-state index contributed by atoms with van der Waals surface area (Å²) in [6.45, 7) is 2.01. The van der Waals surface area contributed by atoms with Crippen LogP contribution >= 0.6 is 0 Å². The molecule has 2 heterocycles. The minimum Gasteiger partial charge on any atom is -0.508 e. The van der Waals surface area contributed by atoms with Gasteiger partial charge in [0, 0.05) is 24.2 Å². The lowest BCUT2D eigenvalue weighted by atomic mass is 9.90. The van der Waals surface area contributed by atoms with Gasteiger partial charge in [-0.15, -0.1) is 5.10 Å². The second kappa shape index (κ2) is 15.0. The van der Waals surface area contributed by atoms with Crippen molar-refractivity contribution in [3.05, 3.63) is 76.9 Å². The first-order valence-electron chi connectivity index (χ1n) is 14.6. The van der Waals surface area contributed by atoms with E-state index in [0.717, 1.165) is 36.4 Å². The number of hydrogen-bond donors (Lipinski definition) is 7. The number of carbonyl (C=O) groups is 1. The second-order valence-corrected chi connectivity index (χ2v) is 10.6. The number of aromatic nitrogens is 3. The van der Waals surface area contributed by atoms with Crippen LogP contribution in [0, 0.1) is 5.82 Å². The van der Waals surface area contributed by atoms with Crippen LogP contribution in [0.1, 0.15) is 39.4 Å². The summed E-state index contributed by atoms with van der Waals surface area (Å²) < 4.78 is 44.4. The number of esters is 1. The lowest BCUT2D eigenvalue weighted by molar-refractivity contribution is -0.116. The topological polar surface area (TPSA) is 241 Å². The number of phenolic OH excluding ortho intramolecular Hbond substituents is 6. The Morgan fingerprint density at radius 1 is 0.917 bits per heavy atom. The minimum absolute atomic E-state index is 0.0149. The Morgan fingerprint density at radius 2 is 1.65 bits per heavy atom. The van der Waals surface area contributed by atoms with E-state index in [2.05, 4.69) is 10.3 Å². The molecular weight excluding hydrogens is 639 g/mol. The normalized spacial score (nSPS) is 17.1. The second-order valence-electron chi connectivity index (χ2n) is 10.6. The van der Waals surface area contributed by atoms with E-state index in [1.807, 2.05) is 0 Å². The predicted octanol–water partition coefficient (Wildman–Crippen LogP) is 2.26. The number of halogens is 1. The molecule has 0 spiro atoms. The maximum absolute atomic E-state index is 14.1. The third-order valence-corrected chi connectivity index (χ3v) is 7.18. The van der Waals surface area contributed by atoms with Crippen LogP contribution in [0.25, 0.3) is 0 Å². The summed E-state index contributed by atoms with van der Waals surface area (Å²) in [4.78, 5) is 13.3. The Balaban J connectivity index is 1.44. The van der Waals surface area contributed by atoms with Crippen molar-refractivity contribution in [1.29, 1.82) is 0 Å². The third-order valence-electron chi connectivity index (χ3n) is 7.18. The van der Waals surface area contributed by atoms with Crippen molar-refractivity contribution in [2.24, 2.45) is 5.73 Å². The maximum Gasteiger partial charge on any atom is 0.338 e. The van der Waals surface area contributed by atoms with Gasteiger partial charge in [-0.3, -0.25) is 0 Å². The molecular formula is C31H33FN4O12. The molecule has 256 valence electrons. The summed E-state index contributed by atoms with van der Waals surface area (Å²) in [6, 6.07) is 7.10. The average Bonchev–Trinajstić information content (AvgIpc) is 3.50. The number of phenols is 6. The summed E-state index contributed by atoms with van der Waals surface area (Å²) in [6.07, 6.45) is -2.72. The van der Waals surface area contributed by atoms with Gasteiger partial charge in [0.05, 0.1) is 56.9 Å². The van der Waals surface area contributed by atoms with Gasteiger partial charge >= 0.3 is 5.97 Å². The maximum atomic E-state index is 14.1. The highest BCUT2D eigenvalue weighted by Crippen LogP contribution is 2.51. The lowest BCUT2D eigenvalue weighted by Gasteiger charge is -2.39. The van der Waals surface area contributed by atoms with E-state index in [0.29, 0.717) is 45.2 Å². The number of rotatable bonds is 14. The Labute approximate surface area is 271 Å². The summed E-state index contributed by atoms with van der Waals surface area (Å²) in [5.41, 5.74) is 5.36. The lowest BCUT2D eigenvalue weighted by Crippen LogP contribution is -2.39. The number of ether oxygens (including phenoxy) is 5. The fraction of sp³-hybridized carbons (Fsp3) is 0.323. The standard InChI is InChI=1S/C31H33FN4O12/c32-20-9-16(1-2-21(20)38)31(43)48-30-28(17-10-23(40)27(42)24(41)11-17)47-25-13-19(37)12-22(39)26(25)29(30)46-15-18-14-36(35-34-18)4-6-45-8-7-44-5-3-33/h1-2,9-14,28-30,37-42H,3-8,15,33H2. The number of nitrogens with zero attached hydrogens (tertiary/aromatic N) is 3. The molecule has 1 aliphatic heterocycles. The molecule has 0 aliphatic carbocycles. The largest absolute Gasteiger partial charge is 0.508 e. The van der Waals surface area contributed by atoms with Crippen LogP contribution in [0.2, 0.25) is 0 Å². The first-order chi connectivity index (χ1) is 23.0. The zero-order chi connectivity index (χ0) is 34.4. The fourth-order valence-electron chi connectivity index (χ4n) is 4.94. The molecule has 17 heteroatoms. The predicted molar refractivity (Wildman–Crippen MR) is 160 cm³/mol. The number of fused-ring (bicyclic) bond motifs is 1. The van der Waals surface area contributed by atoms with Crippen LogP contribution in [-0.4, -0.2) is 90.7 Å². The molecule has 0 saturated heterocycles. The summed E-state index contributed by atoms with van der Waals surface area (Å²) >= 11 is 0. The number of aromatic hydroxyl groups is 6. The van der Waals surface area contributed by atoms with Crippen LogP contribution in [0.3, 0.4) is 0 Å². The summed E-state index contributed by atoms with van der Waals surface area (Å²) in [7, 11) is 0. The quantitative estimate of drug-likeness (QED) is 0.0577. The number of hydrogen-bond acceptors (Lipinski definition) is 15. The van der Waals surface area contributed by atoms with Crippen LogP contribution in [0.4, 0.5) is 4.39 Å². The van der Waals surface area contributed by atoms with Crippen LogP contribution in [0.15, 0.2) is 48.7 Å². The molecule has 5 rings (SSSR count). The van der Waals surface area contributed by atoms with E-state index in [4.69, 9.17) is 29.4 Å². The van der Waals surface area contributed by atoms with Gasteiger partial charge in [-0.1, -0.05) is 5.21 Å². The molecule has 16 nitrogen and oxygen atoms in total. The van der Waals surface area contributed by atoms with Crippen molar-refractivity contribution in [3.8, 4) is 40.2 Å². The highest BCUT2D eigenvalue weighted by atomic mass is 19.1. The fourth-order valence-corrected chi connectivity index (χ4v) is 4.94. The molecule has 8 N–H and O–H groups in total. The van der Waals surface area contributed by atoms with Crippen LogP contribution < -0.4 is 10.5 Å².